The van der Waals surface area contributed by atoms with Crippen LogP contribution in [0, 0.1) is 6.92 Å². The molecule has 0 amide bonds. The molecule has 0 radical (unpaired) electrons. The molecule has 2 fully saturated rings. The lowest BCUT2D eigenvalue weighted by atomic mass is 9.83. The Balaban J connectivity index is 0.000000291. The topological polar surface area (TPSA) is 143 Å². The van der Waals surface area contributed by atoms with Gasteiger partial charge < -0.3 is 25.6 Å². The lowest BCUT2D eigenvalue weighted by Crippen LogP contribution is -2.39. The normalized spacial score (nSPS) is 21.4. The Labute approximate surface area is 220 Å². The van der Waals surface area contributed by atoms with Gasteiger partial charge in [0.1, 0.15) is 17.3 Å². The van der Waals surface area contributed by atoms with E-state index >= 15 is 0 Å². The number of piperidine rings is 1. The van der Waals surface area contributed by atoms with Crippen LogP contribution in [0.2, 0.25) is 0 Å². The van der Waals surface area contributed by atoms with Gasteiger partial charge in [0.15, 0.2) is 17.7 Å². The lowest BCUT2D eigenvalue weighted by Gasteiger charge is -2.30. The van der Waals surface area contributed by atoms with E-state index in [9.17, 15) is 10.2 Å². The number of phenolic OH excluding ortho intramolecular Hbond substituents is 1. The zero-order valence-corrected chi connectivity index (χ0v) is 22.6. The van der Waals surface area contributed by atoms with E-state index in [1.807, 2.05) is 37.9 Å². The summed E-state index contributed by atoms with van der Waals surface area (Å²) in [5.41, 5.74) is 15.5. The second kappa shape index (κ2) is 12.9. The average Bonchev–Trinajstić information content (AvgIpc) is 2.89. The van der Waals surface area contributed by atoms with E-state index in [-0.39, 0.29) is 23.6 Å². The number of ether oxygens (including phenoxy) is 1. The van der Waals surface area contributed by atoms with Crippen molar-refractivity contribution in [2.75, 3.05) is 19.3 Å². The summed E-state index contributed by atoms with van der Waals surface area (Å²) >= 11 is 0. The Bertz CT molecular complexity index is 1100. The molecule has 202 valence electrons. The molecule has 0 spiro atoms. The fourth-order valence-corrected chi connectivity index (χ4v) is 4.89. The maximum Gasteiger partial charge on any atom is 0.247 e. The highest BCUT2D eigenvalue weighted by Gasteiger charge is 2.27. The minimum absolute atomic E-state index is 0.250. The summed E-state index contributed by atoms with van der Waals surface area (Å²) in [4.78, 5) is 14.9. The second-order valence-corrected chi connectivity index (χ2v) is 9.52. The Kier molecular flexibility index (Phi) is 9.88. The largest absolute Gasteiger partial charge is 0.508 e. The van der Waals surface area contributed by atoms with Crippen molar-refractivity contribution in [3.05, 3.63) is 47.4 Å². The molecule has 1 aromatic heterocycles. The molecule has 2 aromatic rings. The van der Waals surface area contributed by atoms with Gasteiger partial charge in [-0.2, -0.15) is 4.98 Å². The molecule has 3 heterocycles. The van der Waals surface area contributed by atoms with Gasteiger partial charge in [0.2, 0.25) is 5.88 Å². The number of aliphatic hydroxyl groups is 1. The first kappa shape index (κ1) is 28.4. The summed E-state index contributed by atoms with van der Waals surface area (Å²) < 4.78 is 5.68. The number of hydrogen-bond donors (Lipinski definition) is 4. The first-order valence-corrected chi connectivity index (χ1v) is 13.3. The van der Waals surface area contributed by atoms with Crippen LogP contribution in [0.3, 0.4) is 0 Å². The van der Waals surface area contributed by atoms with Gasteiger partial charge in [-0.05, 0) is 50.2 Å². The van der Waals surface area contributed by atoms with E-state index in [0.29, 0.717) is 28.7 Å². The second-order valence-electron chi connectivity index (χ2n) is 9.52. The van der Waals surface area contributed by atoms with Gasteiger partial charge in [0.25, 0.3) is 0 Å². The summed E-state index contributed by atoms with van der Waals surface area (Å²) in [6.07, 6.45) is 6.84. The number of fused-ring (bicyclic) bond motifs is 1. The summed E-state index contributed by atoms with van der Waals surface area (Å²) in [7, 11) is 1.96. The zero-order valence-electron chi connectivity index (χ0n) is 22.6. The first-order valence-electron chi connectivity index (χ1n) is 13.3. The van der Waals surface area contributed by atoms with Gasteiger partial charge in [-0.25, -0.2) is 9.98 Å². The maximum atomic E-state index is 10.6. The van der Waals surface area contributed by atoms with Crippen molar-refractivity contribution in [2.24, 2.45) is 10.7 Å². The number of aromatic hydroxyl groups is 1. The van der Waals surface area contributed by atoms with Gasteiger partial charge in [0.05, 0.1) is 6.10 Å². The number of hydrogen-bond acceptors (Lipinski definition) is 9. The minimum Gasteiger partial charge on any atom is -0.508 e. The maximum absolute atomic E-state index is 10.6. The quantitative estimate of drug-likeness (QED) is 0.461. The van der Waals surface area contributed by atoms with Crippen molar-refractivity contribution in [2.45, 2.75) is 84.0 Å². The molecule has 9 nitrogen and oxygen atoms in total. The SMILES string of the molecule is C=C1C(O)CCCN1C.CC.Cc1nc(N)c2c(n1)OC(N)C(c1ccc(C3CCCCC3)c(O)c1)=N2. The van der Waals surface area contributed by atoms with Crippen LogP contribution in [-0.2, 0) is 0 Å². The van der Waals surface area contributed by atoms with Crippen LogP contribution >= 0.6 is 0 Å². The highest BCUT2D eigenvalue weighted by Crippen LogP contribution is 2.39. The summed E-state index contributed by atoms with van der Waals surface area (Å²) in [5.74, 6) is 1.74. The van der Waals surface area contributed by atoms with Gasteiger partial charge in [0, 0.05) is 24.9 Å². The average molecular weight is 511 g/mol. The number of aromatic nitrogens is 2. The Morgan fingerprint density at radius 1 is 1.08 bits per heavy atom. The van der Waals surface area contributed by atoms with E-state index in [2.05, 4.69) is 21.5 Å². The van der Waals surface area contributed by atoms with Crippen LogP contribution < -0.4 is 16.2 Å². The Morgan fingerprint density at radius 3 is 2.41 bits per heavy atom. The molecule has 5 rings (SSSR count). The van der Waals surface area contributed by atoms with Crippen molar-refractivity contribution >= 4 is 17.2 Å². The molecule has 2 aliphatic heterocycles. The van der Waals surface area contributed by atoms with Crippen molar-refractivity contribution in [3.8, 4) is 11.6 Å². The Morgan fingerprint density at radius 2 is 1.78 bits per heavy atom. The lowest BCUT2D eigenvalue weighted by molar-refractivity contribution is 0.132. The standard InChI is InChI=1S/C19H23N5O2.C7H13NO.C2H6/c1-10-22-17(20)16-19(23-10)26-18(21)15(24-16)12-7-8-13(14(25)9-12)11-5-3-2-4-6-11;1-6-7(9)4-3-5-8(6)2;1-2/h7-9,11,18,25H,2-6,21H2,1H3,(H2,20,22,23);7,9H,1,3-5H2,2H3;1-2H3. The van der Waals surface area contributed by atoms with Crippen LogP contribution in [0.1, 0.15) is 81.7 Å². The molecule has 0 bridgehead atoms. The van der Waals surface area contributed by atoms with Gasteiger partial charge in [-0.15, -0.1) is 0 Å². The van der Waals surface area contributed by atoms with Crippen LogP contribution in [0.15, 0.2) is 35.5 Å². The van der Waals surface area contributed by atoms with E-state index in [4.69, 9.17) is 16.2 Å². The molecule has 3 aliphatic rings. The van der Waals surface area contributed by atoms with Crippen molar-refractivity contribution in [1.29, 1.82) is 0 Å². The highest BCUT2D eigenvalue weighted by atomic mass is 16.5. The van der Waals surface area contributed by atoms with Gasteiger partial charge in [-0.3, -0.25) is 5.73 Å². The van der Waals surface area contributed by atoms with Crippen LogP contribution in [-0.4, -0.2) is 56.7 Å². The number of aliphatic hydroxyl groups excluding tert-OH is 1. The van der Waals surface area contributed by atoms with Gasteiger partial charge in [-0.1, -0.05) is 51.8 Å². The van der Waals surface area contributed by atoms with Crippen molar-refractivity contribution < 1.29 is 14.9 Å². The Hall–Kier alpha value is -3.17. The fourth-order valence-electron chi connectivity index (χ4n) is 4.89. The third-order valence-electron chi connectivity index (χ3n) is 6.95. The number of phenols is 1. The molecular weight excluding hydrogens is 468 g/mol. The number of anilines is 1. The molecule has 1 aromatic carbocycles. The first-order chi connectivity index (χ1) is 17.7. The fraction of sp³-hybridized carbons (Fsp3) is 0.536. The van der Waals surface area contributed by atoms with E-state index < -0.39 is 6.23 Å². The summed E-state index contributed by atoms with van der Waals surface area (Å²) in [6, 6.07) is 5.62. The number of aliphatic imine (C=N–C) groups is 1. The highest BCUT2D eigenvalue weighted by molar-refractivity contribution is 6.07. The number of likely N-dealkylation sites (N-methyl/N-ethyl adjacent to an activating group) is 1. The molecule has 2 unspecified atom stereocenters. The molecule has 2 atom stereocenters. The smallest absolute Gasteiger partial charge is 0.247 e. The monoisotopic (exact) mass is 510 g/mol. The van der Waals surface area contributed by atoms with Crippen molar-refractivity contribution in [1.82, 2.24) is 14.9 Å². The summed E-state index contributed by atoms with van der Waals surface area (Å²) in [5, 5.41) is 19.8. The van der Waals surface area contributed by atoms with Crippen LogP contribution in [0.5, 0.6) is 11.6 Å². The van der Waals surface area contributed by atoms with E-state index in [1.165, 1.54) is 19.3 Å². The third kappa shape index (κ3) is 6.78. The third-order valence-corrected chi connectivity index (χ3v) is 6.95. The van der Waals surface area contributed by atoms with Crippen LogP contribution in [0.4, 0.5) is 11.5 Å². The number of rotatable bonds is 2. The molecule has 9 heteroatoms. The van der Waals surface area contributed by atoms with E-state index in [0.717, 1.165) is 43.5 Å². The molecular formula is C28H42N6O3. The molecule has 1 saturated heterocycles. The number of nitrogen functional groups attached to an aromatic ring is 1. The number of benzene rings is 1. The predicted molar refractivity (Wildman–Crippen MR) is 148 cm³/mol. The molecule has 6 N–H and O–H groups in total. The van der Waals surface area contributed by atoms with Crippen molar-refractivity contribution in [3.63, 3.8) is 0 Å². The number of likely N-dealkylation sites (tertiary alicyclic amines) is 1. The van der Waals surface area contributed by atoms with Gasteiger partial charge >= 0.3 is 0 Å². The molecule has 37 heavy (non-hydrogen) atoms. The van der Waals surface area contributed by atoms with Crippen LogP contribution in [0.25, 0.3) is 0 Å². The summed E-state index contributed by atoms with van der Waals surface area (Å²) in [6.45, 7) is 10.5. The number of aryl methyl sites for hydroxylation is 1. The molecule has 1 aliphatic carbocycles. The predicted octanol–water partition coefficient (Wildman–Crippen LogP) is 4.53. The zero-order chi connectivity index (χ0) is 27.1. The minimum atomic E-state index is -0.781. The van der Waals surface area contributed by atoms with E-state index in [1.54, 1.807) is 13.0 Å². The number of nitrogens with two attached hydrogens (primary N) is 2. The number of nitrogens with zero attached hydrogens (tertiary/aromatic N) is 4. The molecule has 1 saturated carbocycles.